The first kappa shape index (κ1) is 17.3. The number of methoxy groups -OCH3 is 1. The van der Waals surface area contributed by atoms with E-state index in [0.717, 1.165) is 6.42 Å². The number of esters is 1. The summed E-state index contributed by atoms with van der Waals surface area (Å²) in [5, 5.41) is 2.74. The average molecular weight is 299 g/mol. The Kier molecular flexibility index (Phi) is 6.45. The standard InChI is InChI=1S/C14H25N3O4/c1-5-10(2)12(13(19)21-4)15-14(20)17-8-6-16(7-9-17)11(3)18/h10,12H,5-9H2,1-4H3,(H,15,20)/t10?,12-/m0/s1. The number of rotatable bonds is 4. The van der Waals surface area contributed by atoms with E-state index in [0.29, 0.717) is 26.2 Å². The zero-order valence-electron chi connectivity index (χ0n) is 13.2. The third-order valence-electron chi connectivity index (χ3n) is 3.96. The van der Waals surface area contributed by atoms with Crippen molar-refractivity contribution < 1.29 is 19.1 Å². The van der Waals surface area contributed by atoms with Gasteiger partial charge in [0.05, 0.1) is 7.11 Å². The molecular formula is C14H25N3O4. The van der Waals surface area contributed by atoms with Crippen molar-refractivity contribution in [2.45, 2.75) is 33.2 Å². The largest absolute Gasteiger partial charge is 0.467 e. The number of amides is 3. The van der Waals surface area contributed by atoms with Gasteiger partial charge >= 0.3 is 12.0 Å². The predicted molar refractivity (Wildman–Crippen MR) is 77.6 cm³/mol. The quantitative estimate of drug-likeness (QED) is 0.764. The van der Waals surface area contributed by atoms with Crippen LogP contribution in [0.2, 0.25) is 0 Å². The summed E-state index contributed by atoms with van der Waals surface area (Å²) in [7, 11) is 1.31. The van der Waals surface area contributed by atoms with Crippen LogP contribution in [-0.2, 0) is 14.3 Å². The van der Waals surface area contributed by atoms with Crippen molar-refractivity contribution in [2.75, 3.05) is 33.3 Å². The van der Waals surface area contributed by atoms with Crippen LogP contribution in [0.25, 0.3) is 0 Å². The van der Waals surface area contributed by atoms with Gasteiger partial charge in [-0.1, -0.05) is 20.3 Å². The first-order chi connectivity index (χ1) is 9.90. The lowest BCUT2D eigenvalue weighted by Crippen LogP contribution is -2.56. The van der Waals surface area contributed by atoms with Crippen molar-refractivity contribution in [3.05, 3.63) is 0 Å². The van der Waals surface area contributed by atoms with Crippen LogP contribution in [0.1, 0.15) is 27.2 Å². The van der Waals surface area contributed by atoms with Crippen molar-refractivity contribution >= 4 is 17.9 Å². The third-order valence-corrected chi connectivity index (χ3v) is 3.96. The van der Waals surface area contributed by atoms with E-state index in [1.165, 1.54) is 14.0 Å². The highest BCUT2D eigenvalue weighted by Crippen LogP contribution is 2.10. The maximum atomic E-state index is 12.2. The van der Waals surface area contributed by atoms with Crippen molar-refractivity contribution in [1.29, 1.82) is 0 Å². The molecular weight excluding hydrogens is 274 g/mol. The fourth-order valence-corrected chi connectivity index (χ4v) is 2.24. The molecule has 1 aliphatic rings. The van der Waals surface area contributed by atoms with Gasteiger partial charge in [0, 0.05) is 33.1 Å². The molecule has 1 fully saturated rings. The minimum atomic E-state index is -0.640. The van der Waals surface area contributed by atoms with E-state index in [1.807, 2.05) is 13.8 Å². The number of nitrogens with one attached hydrogen (secondary N) is 1. The predicted octanol–water partition coefficient (Wildman–Crippen LogP) is 0.448. The molecule has 120 valence electrons. The lowest BCUT2D eigenvalue weighted by atomic mass is 9.99. The topological polar surface area (TPSA) is 79.0 Å². The molecule has 1 saturated heterocycles. The molecule has 1 aliphatic heterocycles. The average Bonchev–Trinajstić information content (AvgIpc) is 2.50. The lowest BCUT2D eigenvalue weighted by Gasteiger charge is -2.35. The van der Waals surface area contributed by atoms with Crippen molar-refractivity contribution in [3.63, 3.8) is 0 Å². The van der Waals surface area contributed by atoms with E-state index < -0.39 is 12.0 Å². The highest BCUT2D eigenvalue weighted by Gasteiger charge is 2.30. The number of carbonyl (C=O) groups is 3. The monoisotopic (exact) mass is 299 g/mol. The molecule has 3 amide bonds. The summed E-state index contributed by atoms with van der Waals surface area (Å²) in [6.45, 7) is 7.36. The van der Waals surface area contributed by atoms with Crippen molar-refractivity contribution in [1.82, 2.24) is 15.1 Å². The summed E-state index contributed by atoms with van der Waals surface area (Å²) in [5.41, 5.74) is 0. The number of urea groups is 1. The van der Waals surface area contributed by atoms with E-state index in [-0.39, 0.29) is 17.9 Å². The summed E-state index contributed by atoms with van der Waals surface area (Å²) in [6.07, 6.45) is 0.762. The van der Waals surface area contributed by atoms with Crippen LogP contribution in [0.3, 0.4) is 0 Å². The van der Waals surface area contributed by atoms with Crippen molar-refractivity contribution in [2.24, 2.45) is 5.92 Å². The smallest absolute Gasteiger partial charge is 0.328 e. The summed E-state index contributed by atoms with van der Waals surface area (Å²) < 4.78 is 4.75. The number of hydrogen-bond acceptors (Lipinski definition) is 4. The molecule has 1 rings (SSSR count). The molecule has 1 unspecified atom stereocenters. The number of carbonyl (C=O) groups excluding carboxylic acids is 3. The minimum absolute atomic E-state index is 0.0000846. The summed E-state index contributed by atoms with van der Waals surface area (Å²) >= 11 is 0. The molecule has 0 radical (unpaired) electrons. The Hall–Kier alpha value is -1.79. The van der Waals surface area contributed by atoms with Crippen LogP contribution in [0.4, 0.5) is 4.79 Å². The van der Waals surface area contributed by atoms with Crippen LogP contribution >= 0.6 is 0 Å². The van der Waals surface area contributed by atoms with Gasteiger partial charge in [-0.25, -0.2) is 9.59 Å². The maximum absolute atomic E-state index is 12.2. The Morgan fingerprint density at radius 2 is 1.67 bits per heavy atom. The first-order valence-electron chi connectivity index (χ1n) is 7.29. The molecule has 7 heteroatoms. The van der Waals surface area contributed by atoms with Crippen LogP contribution in [0, 0.1) is 5.92 Å². The van der Waals surface area contributed by atoms with Crippen LogP contribution in [0.5, 0.6) is 0 Å². The Morgan fingerprint density at radius 3 is 2.10 bits per heavy atom. The van der Waals surface area contributed by atoms with E-state index in [4.69, 9.17) is 4.74 Å². The van der Waals surface area contributed by atoms with E-state index in [2.05, 4.69) is 5.32 Å². The number of nitrogens with zero attached hydrogens (tertiary/aromatic N) is 2. The Morgan fingerprint density at radius 1 is 1.14 bits per heavy atom. The molecule has 0 bridgehead atoms. The Bertz CT molecular complexity index is 392. The molecule has 0 saturated carbocycles. The van der Waals surface area contributed by atoms with Crippen molar-refractivity contribution in [3.8, 4) is 0 Å². The molecule has 0 aliphatic carbocycles. The van der Waals surface area contributed by atoms with E-state index >= 15 is 0 Å². The zero-order chi connectivity index (χ0) is 16.0. The van der Waals surface area contributed by atoms with Gasteiger partial charge in [-0.2, -0.15) is 0 Å². The Labute approximate surface area is 125 Å². The highest BCUT2D eigenvalue weighted by atomic mass is 16.5. The van der Waals surface area contributed by atoms with Gasteiger partial charge in [0.15, 0.2) is 0 Å². The molecule has 1 N–H and O–H groups in total. The minimum Gasteiger partial charge on any atom is -0.467 e. The Balaban J connectivity index is 2.58. The summed E-state index contributed by atoms with van der Waals surface area (Å²) in [4.78, 5) is 38.6. The second kappa shape index (κ2) is 7.85. The molecule has 0 spiro atoms. The fourth-order valence-electron chi connectivity index (χ4n) is 2.24. The molecule has 1 heterocycles. The SMILES string of the molecule is CCC(C)[C@H](NC(=O)N1CCN(C(C)=O)CC1)C(=O)OC. The number of hydrogen-bond donors (Lipinski definition) is 1. The lowest BCUT2D eigenvalue weighted by molar-refractivity contribution is -0.144. The molecule has 2 atom stereocenters. The molecule has 7 nitrogen and oxygen atoms in total. The third kappa shape index (κ3) is 4.61. The van der Waals surface area contributed by atoms with E-state index in [9.17, 15) is 14.4 Å². The number of ether oxygens (including phenoxy) is 1. The second-order valence-corrected chi connectivity index (χ2v) is 5.33. The number of piperazine rings is 1. The fraction of sp³-hybridized carbons (Fsp3) is 0.786. The molecule has 0 aromatic heterocycles. The maximum Gasteiger partial charge on any atom is 0.328 e. The highest BCUT2D eigenvalue weighted by molar-refractivity contribution is 5.84. The van der Waals surface area contributed by atoms with Gasteiger partial charge in [-0.15, -0.1) is 0 Å². The molecule has 0 aromatic rings. The normalized spacial score (nSPS) is 17.9. The van der Waals surface area contributed by atoms with Gasteiger partial charge in [0.1, 0.15) is 6.04 Å². The van der Waals surface area contributed by atoms with Crippen LogP contribution < -0.4 is 5.32 Å². The van der Waals surface area contributed by atoms with Gasteiger partial charge in [0.2, 0.25) is 5.91 Å². The summed E-state index contributed by atoms with van der Waals surface area (Å²) in [6, 6.07) is -0.924. The molecule has 21 heavy (non-hydrogen) atoms. The summed E-state index contributed by atoms with van der Waals surface area (Å²) in [5.74, 6) is -0.415. The second-order valence-electron chi connectivity index (χ2n) is 5.33. The van der Waals surface area contributed by atoms with Crippen LogP contribution in [-0.4, -0.2) is 67.0 Å². The zero-order valence-corrected chi connectivity index (χ0v) is 13.2. The van der Waals surface area contributed by atoms with Gasteiger partial charge < -0.3 is 19.9 Å². The van der Waals surface area contributed by atoms with Gasteiger partial charge in [-0.05, 0) is 5.92 Å². The van der Waals surface area contributed by atoms with Gasteiger partial charge in [-0.3, -0.25) is 4.79 Å². The van der Waals surface area contributed by atoms with E-state index in [1.54, 1.807) is 9.80 Å². The van der Waals surface area contributed by atoms with Crippen LogP contribution in [0.15, 0.2) is 0 Å². The van der Waals surface area contributed by atoms with Gasteiger partial charge in [0.25, 0.3) is 0 Å². The molecule has 0 aromatic carbocycles. The first-order valence-corrected chi connectivity index (χ1v) is 7.29.